The minimum atomic E-state index is -0.529. The molecule has 0 saturated carbocycles. The third-order valence-corrected chi connectivity index (χ3v) is 6.06. The van der Waals surface area contributed by atoms with Crippen molar-refractivity contribution in [2.45, 2.75) is 12.8 Å². The Balaban J connectivity index is 1.36. The molecule has 1 fully saturated rings. The van der Waals surface area contributed by atoms with Crippen molar-refractivity contribution in [3.63, 3.8) is 0 Å². The number of allylic oxidation sites excluding steroid dienone is 2. The summed E-state index contributed by atoms with van der Waals surface area (Å²) in [5.74, 6) is -0.0663. The third-order valence-electron chi connectivity index (χ3n) is 6.06. The number of anilines is 3. The number of nitrogens with zero attached hydrogens (tertiary/aromatic N) is 2. The van der Waals surface area contributed by atoms with Gasteiger partial charge in [-0.05, 0) is 61.4 Å². The molecule has 5 rings (SSSR count). The van der Waals surface area contributed by atoms with Gasteiger partial charge in [-0.25, -0.2) is 4.90 Å². The molecule has 2 atom stereocenters. The van der Waals surface area contributed by atoms with Gasteiger partial charge in [0.15, 0.2) is 0 Å². The van der Waals surface area contributed by atoms with E-state index in [4.69, 9.17) is 4.74 Å². The van der Waals surface area contributed by atoms with Crippen LogP contribution >= 0.6 is 0 Å². The van der Waals surface area contributed by atoms with Crippen molar-refractivity contribution in [2.24, 2.45) is 11.8 Å². The van der Waals surface area contributed by atoms with Crippen molar-refractivity contribution in [1.82, 2.24) is 0 Å². The maximum atomic E-state index is 12.8. The Morgan fingerprint density at radius 2 is 1.47 bits per heavy atom. The van der Waals surface area contributed by atoms with Gasteiger partial charge < -0.3 is 10.1 Å². The fourth-order valence-corrected chi connectivity index (χ4v) is 4.36. The molecule has 1 aliphatic carbocycles. The average Bonchev–Trinajstić information content (AvgIpc) is 3.11. The highest BCUT2D eigenvalue weighted by Crippen LogP contribution is 2.40. The summed E-state index contributed by atoms with van der Waals surface area (Å²) < 4.78 is 5.77. The summed E-state index contributed by atoms with van der Waals surface area (Å²) in [5, 5.41) is 14.8. The Morgan fingerprint density at radius 1 is 0.853 bits per heavy atom. The molecule has 170 valence electrons. The Labute approximate surface area is 195 Å². The van der Waals surface area contributed by atoms with Crippen molar-refractivity contribution in [2.75, 3.05) is 10.2 Å². The molecule has 34 heavy (non-hydrogen) atoms. The van der Waals surface area contributed by atoms with Gasteiger partial charge in [-0.15, -0.1) is 0 Å². The molecule has 3 aromatic rings. The van der Waals surface area contributed by atoms with E-state index >= 15 is 0 Å². The van der Waals surface area contributed by atoms with Crippen LogP contribution in [-0.2, 0) is 9.59 Å². The lowest BCUT2D eigenvalue weighted by atomic mass is 9.85. The number of nitro benzene ring substituents is 1. The molecule has 1 aliphatic heterocycles. The zero-order valence-electron chi connectivity index (χ0n) is 18.1. The van der Waals surface area contributed by atoms with Crippen molar-refractivity contribution < 1.29 is 19.2 Å². The number of hydrogen-bond donors (Lipinski definition) is 1. The number of para-hydroxylation sites is 1. The summed E-state index contributed by atoms with van der Waals surface area (Å²) in [6.07, 6.45) is 4.83. The highest BCUT2D eigenvalue weighted by Gasteiger charge is 2.48. The average molecular weight is 455 g/mol. The Morgan fingerprint density at radius 3 is 2.09 bits per heavy atom. The number of hydrogen-bond acceptors (Lipinski definition) is 6. The van der Waals surface area contributed by atoms with Crippen LogP contribution in [0, 0.1) is 22.0 Å². The summed E-state index contributed by atoms with van der Waals surface area (Å²) in [7, 11) is 0. The van der Waals surface area contributed by atoms with Crippen molar-refractivity contribution in [3.05, 3.63) is 95.1 Å². The monoisotopic (exact) mass is 455 g/mol. The molecule has 0 unspecified atom stereocenters. The minimum absolute atomic E-state index is 0.216. The van der Waals surface area contributed by atoms with Gasteiger partial charge in [0.2, 0.25) is 11.8 Å². The van der Waals surface area contributed by atoms with E-state index in [1.807, 2.05) is 42.5 Å². The predicted octanol–water partition coefficient (Wildman–Crippen LogP) is 5.59. The Hall–Kier alpha value is -4.46. The quantitative estimate of drug-likeness (QED) is 0.225. The second kappa shape index (κ2) is 8.82. The van der Waals surface area contributed by atoms with Gasteiger partial charge in [-0.3, -0.25) is 19.7 Å². The Kier molecular flexibility index (Phi) is 5.55. The van der Waals surface area contributed by atoms with Gasteiger partial charge in [0, 0.05) is 11.8 Å². The van der Waals surface area contributed by atoms with E-state index in [2.05, 4.69) is 5.32 Å². The van der Waals surface area contributed by atoms with Crippen LogP contribution in [0.25, 0.3) is 0 Å². The number of ether oxygens (including phenoxy) is 1. The summed E-state index contributed by atoms with van der Waals surface area (Å²) in [4.78, 5) is 38.0. The van der Waals surface area contributed by atoms with E-state index in [1.165, 1.54) is 12.1 Å². The molecule has 0 bridgehead atoms. The largest absolute Gasteiger partial charge is 0.457 e. The molecule has 8 nitrogen and oxygen atoms in total. The van der Waals surface area contributed by atoms with Crippen molar-refractivity contribution in [3.8, 4) is 11.5 Å². The van der Waals surface area contributed by atoms with Gasteiger partial charge >= 0.3 is 0 Å². The van der Waals surface area contributed by atoms with E-state index in [0.717, 1.165) is 4.90 Å². The van der Waals surface area contributed by atoms with Gasteiger partial charge in [0.1, 0.15) is 17.2 Å². The molecule has 3 aromatic carbocycles. The fourth-order valence-electron chi connectivity index (χ4n) is 4.36. The topological polar surface area (TPSA) is 102 Å². The standard InChI is InChI=1S/C26H21N3O5/c30-25-21-8-4-5-9-22(21)26(31)28(25)18-12-15-23(24(16-18)29(32)33)27-17-10-13-20(14-11-17)34-19-6-2-1-3-7-19/h1-7,10-16,21-22,27H,8-9H2/t21-,22-/m0/s1. The van der Waals surface area contributed by atoms with Crippen LogP contribution in [0.4, 0.5) is 22.7 Å². The lowest BCUT2D eigenvalue weighted by molar-refractivity contribution is -0.383. The lowest BCUT2D eigenvalue weighted by Gasteiger charge is -2.16. The first-order valence-corrected chi connectivity index (χ1v) is 10.9. The molecule has 1 N–H and O–H groups in total. The molecule has 1 heterocycles. The molecular formula is C26H21N3O5. The first-order chi connectivity index (χ1) is 16.5. The van der Waals surface area contributed by atoms with E-state index in [0.29, 0.717) is 30.0 Å². The number of benzene rings is 3. The van der Waals surface area contributed by atoms with E-state index in [1.54, 1.807) is 30.3 Å². The summed E-state index contributed by atoms with van der Waals surface area (Å²) >= 11 is 0. The summed E-state index contributed by atoms with van der Waals surface area (Å²) in [5.41, 5.74) is 0.870. The third kappa shape index (κ3) is 4.01. The number of carbonyl (C=O) groups excluding carboxylic acids is 2. The molecule has 0 spiro atoms. The molecule has 0 aromatic heterocycles. The first kappa shape index (κ1) is 21.4. The Bertz CT molecular complexity index is 1260. The number of imide groups is 1. The molecule has 0 radical (unpaired) electrons. The van der Waals surface area contributed by atoms with Crippen LogP contribution in [0.1, 0.15) is 12.8 Å². The zero-order chi connectivity index (χ0) is 23.7. The number of amides is 2. The summed E-state index contributed by atoms with van der Waals surface area (Å²) in [6, 6.07) is 20.7. The SMILES string of the molecule is O=C1[C@H]2CC=CC[C@@H]2C(=O)N1c1ccc(Nc2ccc(Oc3ccccc3)cc2)c([N+](=O)[O-])c1. The molecule has 8 heteroatoms. The van der Waals surface area contributed by atoms with Gasteiger partial charge in [-0.1, -0.05) is 30.4 Å². The minimum Gasteiger partial charge on any atom is -0.457 e. The number of fused-ring (bicyclic) bond motifs is 1. The van der Waals surface area contributed by atoms with Crippen LogP contribution in [0.2, 0.25) is 0 Å². The maximum Gasteiger partial charge on any atom is 0.294 e. The molecule has 1 saturated heterocycles. The number of nitrogens with one attached hydrogen (secondary N) is 1. The fraction of sp³-hybridized carbons (Fsp3) is 0.154. The van der Waals surface area contributed by atoms with Gasteiger partial charge in [-0.2, -0.15) is 0 Å². The molecular weight excluding hydrogens is 434 g/mol. The van der Waals surface area contributed by atoms with Crippen molar-refractivity contribution in [1.29, 1.82) is 0 Å². The normalized spacial score (nSPS) is 19.1. The summed E-state index contributed by atoms with van der Waals surface area (Å²) in [6.45, 7) is 0. The second-order valence-corrected chi connectivity index (χ2v) is 8.19. The number of nitro groups is 1. The molecule has 2 amide bonds. The number of carbonyl (C=O) groups is 2. The van der Waals surface area contributed by atoms with E-state index < -0.39 is 16.8 Å². The van der Waals surface area contributed by atoms with Gasteiger partial charge in [0.05, 0.1) is 22.4 Å². The van der Waals surface area contributed by atoms with E-state index in [9.17, 15) is 19.7 Å². The van der Waals surface area contributed by atoms with E-state index in [-0.39, 0.29) is 28.9 Å². The highest BCUT2D eigenvalue weighted by atomic mass is 16.6. The lowest BCUT2D eigenvalue weighted by Crippen LogP contribution is -2.30. The smallest absolute Gasteiger partial charge is 0.294 e. The molecule has 2 aliphatic rings. The van der Waals surface area contributed by atoms with Crippen LogP contribution in [0.3, 0.4) is 0 Å². The van der Waals surface area contributed by atoms with Crippen LogP contribution in [0.5, 0.6) is 11.5 Å². The maximum absolute atomic E-state index is 12.8. The predicted molar refractivity (Wildman–Crippen MR) is 127 cm³/mol. The number of rotatable bonds is 6. The van der Waals surface area contributed by atoms with Crippen LogP contribution in [-0.4, -0.2) is 16.7 Å². The zero-order valence-corrected chi connectivity index (χ0v) is 18.1. The van der Waals surface area contributed by atoms with Crippen molar-refractivity contribution >= 4 is 34.6 Å². The van der Waals surface area contributed by atoms with Crippen LogP contribution < -0.4 is 15.0 Å². The van der Waals surface area contributed by atoms with Gasteiger partial charge in [0.25, 0.3) is 5.69 Å². The first-order valence-electron chi connectivity index (χ1n) is 10.9. The van der Waals surface area contributed by atoms with Crippen LogP contribution in [0.15, 0.2) is 84.9 Å². The second-order valence-electron chi connectivity index (χ2n) is 8.19. The highest BCUT2D eigenvalue weighted by molar-refractivity contribution is 6.22.